The van der Waals surface area contributed by atoms with Crippen LogP contribution >= 0.6 is 15.9 Å². The lowest BCUT2D eigenvalue weighted by Crippen LogP contribution is -2.43. The number of halogens is 1. The lowest BCUT2D eigenvalue weighted by atomic mass is 10.1. The highest BCUT2D eigenvalue weighted by Gasteiger charge is 2.34. The second kappa shape index (κ2) is 7.48. The summed E-state index contributed by atoms with van der Waals surface area (Å²) in [5, 5.41) is 2.90. The number of amides is 1. The maximum atomic E-state index is 11.8. The third kappa shape index (κ3) is 4.88. The summed E-state index contributed by atoms with van der Waals surface area (Å²) in [6, 6.07) is 0. The van der Waals surface area contributed by atoms with Crippen molar-refractivity contribution < 1.29 is 13.2 Å². The first-order valence-corrected chi connectivity index (χ1v) is 9.36. The molecule has 0 aromatic rings. The van der Waals surface area contributed by atoms with Crippen LogP contribution in [0, 0.1) is 5.92 Å². The highest BCUT2D eigenvalue weighted by atomic mass is 79.9. The van der Waals surface area contributed by atoms with Crippen molar-refractivity contribution in [3.8, 4) is 0 Å². The molecule has 0 aromatic carbocycles. The summed E-state index contributed by atoms with van der Waals surface area (Å²) in [6.07, 6.45) is 3.92. The Bertz CT molecular complexity index is 370. The lowest BCUT2D eigenvalue weighted by Gasteiger charge is -2.21. The number of hydrogen-bond acceptors (Lipinski definition) is 3. The van der Waals surface area contributed by atoms with Crippen LogP contribution in [0.3, 0.4) is 0 Å². The predicted molar refractivity (Wildman–Crippen MR) is 76.6 cm³/mol. The minimum Gasteiger partial charge on any atom is -0.355 e. The van der Waals surface area contributed by atoms with Crippen molar-refractivity contribution in [3.63, 3.8) is 0 Å². The van der Waals surface area contributed by atoms with Crippen molar-refractivity contribution in [3.05, 3.63) is 0 Å². The summed E-state index contributed by atoms with van der Waals surface area (Å²) in [7, 11) is -3.20. The van der Waals surface area contributed by atoms with Gasteiger partial charge in [-0.15, -0.1) is 0 Å². The molecule has 6 heteroatoms. The molecule has 1 amide bonds. The van der Waals surface area contributed by atoms with E-state index in [1.807, 2.05) is 0 Å². The van der Waals surface area contributed by atoms with Crippen molar-refractivity contribution in [1.82, 2.24) is 5.32 Å². The van der Waals surface area contributed by atoms with E-state index >= 15 is 0 Å². The largest absolute Gasteiger partial charge is 0.355 e. The molecule has 0 aromatic heterocycles. The van der Waals surface area contributed by atoms with Crippen molar-refractivity contribution in [2.24, 2.45) is 5.92 Å². The summed E-state index contributed by atoms with van der Waals surface area (Å²) >= 11 is 3.41. The van der Waals surface area contributed by atoms with Gasteiger partial charge in [0.05, 0.1) is 5.75 Å². The molecular formula is C12H22BrNO3S. The van der Waals surface area contributed by atoms with E-state index in [4.69, 9.17) is 0 Å². The van der Waals surface area contributed by atoms with Gasteiger partial charge in [0.2, 0.25) is 5.91 Å². The fourth-order valence-electron chi connectivity index (χ4n) is 2.10. The van der Waals surface area contributed by atoms with E-state index in [-0.39, 0.29) is 11.7 Å². The highest BCUT2D eigenvalue weighted by Crippen LogP contribution is 2.19. The molecule has 0 aliphatic carbocycles. The SMILES string of the molecule is CC(CBr)CCCNC(=O)C1CCCCS1(=O)=O. The van der Waals surface area contributed by atoms with Gasteiger partial charge in [0, 0.05) is 11.9 Å². The van der Waals surface area contributed by atoms with Gasteiger partial charge in [0.15, 0.2) is 9.84 Å². The molecule has 1 fully saturated rings. The van der Waals surface area contributed by atoms with Crippen LogP contribution in [0.2, 0.25) is 0 Å². The van der Waals surface area contributed by atoms with Gasteiger partial charge in [-0.3, -0.25) is 4.79 Å². The average Bonchev–Trinajstić information content (AvgIpc) is 2.33. The number of carbonyl (C=O) groups is 1. The topological polar surface area (TPSA) is 63.2 Å². The first kappa shape index (κ1) is 16.0. The third-order valence-corrected chi connectivity index (χ3v) is 6.59. The Hall–Kier alpha value is -0.100. The number of nitrogens with one attached hydrogen (secondary N) is 1. The predicted octanol–water partition coefficient (Wildman–Crippen LogP) is 1.88. The normalized spacial score (nSPS) is 24.4. The number of alkyl halides is 1. The Morgan fingerprint density at radius 1 is 1.44 bits per heavy atom. The number of rotatable bonds is 6. The van der Waals surface area contributed by atoms with E-state index in [1.54, 1.807) is 0 Å². The van der Waals surface area contributed by atoms with Crippen LogP contribution in [0.5, 0.6) is 0 Å². The maximum Gasteiger partial charge on any atom is 0.238 e. The molecule has 1 aliphatic heterocycles. The Morgan fingerprint density at radius 2 is 2.17 bits per heavy atom. The van der Waals surface area contributed by atoms with Gasteiger partial charge in [-0.2, -0.15) is 0 Å². The van der Waals surface area contributed by atoms with Crippen LogP contribution in [-0.2, 0) is 14.6 Å². The molecule has 2 unspecified atom stereocenters. The molecule has 2 atom stereocenters. The van der Waals surface area contributed by atoms with Crippen LogP contribution in [0.15, 0.2) is 0 Å². The van der Waals surface area contributed by atoms with Gasteiger partial charge in [0.25, 0.3) is 0 Å². The molecule has 1 heterocycles. The van der Waals surface area contributed by atoms with E-state index in [0.717, 1.165) is 24.6 Å². The fraction of sp³-hybridized carbons (Fsp3) is 0.917. The van der Waals surface area contributed by atoms with Crippen LogP contribution in [0.4, 0.5) is 0 Å². The van der Waals surface area contributed by atoms with Crippen LogP contribution in [0.25, 0.3) is 0 Å². The molecule has 18 heavy (non-hydrogen) atoms. The van der Waals surface area contributed by atoms with Crippen molar-refractivity contribution in [2.75, 3.05) is 17.6 Å². The number of hydrogen-bond donors (Lipinski definition) is 1. The quantitative estimate of drug-likeness (QED) is 0.593. The minimum absolute atomic E-state index is 0.158. The molecule has 4 nitrogen and oxygen atoms in total. The molecule has 0 bridgehead atoms. The van der Waals surface area contributed by atoms with Crippen LogP contribution in [0.1, 0.15) is 39.0 Å². The Labute approximate surface area is 118 Å². The molecule has 1 rings (SSSR count). The molecule has 0 radical (unpaired) electrons. The summed E-state index contributed by atoms with van der Waals surface area (Å²) in [5.74, 6) is 0.438. The molecule has 1 aliphatic rings. The van der Waals surface area contributed by atoms with E-state index in [2.05, 4.69) is 28.2 Å². The molecular weight excluding hydrogens is 318 g/mol. The zero-order valence-corrected chi connectivity index (χ0v) is 13.2. The second-order valence-electron chi connectivity index (χ2n) is 5.04. The smallest absolute Gasteiger partial charge is 0.238 e. The number of carbonyl (C=O) groups excluding carboxylic acids is 1. The maximum absolute atomic E-state index is 11.8. The van der Waals surface area contributed by atoms with Crippen LogP contribution < -0.4 is 5.32 Å². The average molecular weight is 340 g/mol. The van der Waals surface area contributed by atoms with Gasteiger partial charge < -0.3 is 5.32 Å². The van der Waals surface area contributed by atoms with Gasteiger partial charge in [0.1, 0.15) is 5.25 Å². The van der Waals surface area contributed by atoms with Crippen molar-refractivity contribution in [2.45, 2.75) is 44.3 Å². The van der Waals surface area contributed by atoms with Gasteiger partial charge in [-0.1, -0.05) is 29.3 Å². The number of sulfone groups is 1. The Balaban J connectivity index is 2.32. The summed E-state index contributed by atoms with van der Waals surface area (Å²) < 4.78 is 23.5. The first-order valence-electron chi connectivity index (χ1n) is 6.52. The van der Waals surface area contributed by atoms with Crippen LogP contribution in [-0.4, -0.2) is 37.2 Å². The monoisotopic (exact) mass is 339 g/mol. The molecule has 1 N–H and O–H groups in total. The molecule has 0 spiro atoms. The summed E-state index contributed by atoms with van der Waals surface area (Å²) in [5.41, 5.74) is 0. The summed E-state index contributed by atoms with van der Waals surface area (Å²) in [6.45, 7) is 2.71. The van der Waals surface area contributed by atoms with E-state index in [1.165, 1.54) is 0 Å². The first-order chi connectivity index (χ1) is 8.47. The Kier molecular flexibility index (Phi) is 6.63. The standard InChI is InChI=1S/C12H22BrNO3S/c1-10(9-13)5-4-7-14-12(15)11-6-2-3-8-18(11,16)17/h10-11H,2-9H2,1H3,(H,14,15). The van der Waals surface area contributed by atoms with Gasteiger partial charge in [-0.05, 0) is 31.6 Å². The fourth-order valence-corrected chi connectivity index (χ4v) is 4.25. The highest BCUT2D eigenvalue weighted by molar-refractivity contribution is 9.09. The molecule has 1 saturated heterocycles. The Morgan fingerprint density at radius 3 is 2.78 bits per heavy atom. The zero-order valence-electron chi connectivity index (χ0n) is 10.8. The van der Waals surface area contributed by atoms with Gasteiger partial charge >= 0.3 is 0 Å². The third-order valence-electron chi connectivity index (χ3n) is 3.31. The van der Waals surface area contributed by atoms with Gasteiger partial charge in [-0.25, -0.2) is 8.42 Å². The van der Waals surface area contributed by atoms with E-state index in [9.17, 15) is 13.2 Å². The zero-order chi connectivity index (χ0) is 13.6. The molecule has 106 valence electrons. The van der Waals surface area contributed by atoms with E-state index in [0.29, 0.717) is 25.3 Å². The van der Waals surface area contributed by atoms with Crippen molar-refractivity contribution >= 4 is 31.7 Å². The second-order valence-corrected chi connectivity index (χ2v) is 7.99. The minimum atomic E-state index is -3.20. The van der Waals surface area contributed by atoms with E-state index < -0.39 is 15.1 Å². The molecule has 0 saturated carbocycles. The van der Waals surface area contributed by atoms with Crippen molar-refractivity contribution in [1.29, 1.82) is 0 Å². The lowest BCUT2D eigenvalue weighted by molar-refractivity contribution is -0.120. The summed E-state index contributed by atoms with van der Waals surface area (Å²) in [4.78, 5) is 11.8.